The molecule has 1 aromatic heterocycles. The minimum absolute atomic E-state index is 0.181. The number of carbonyl (C=O) groups is 3. The molecule has 1 aliphatic carbocycles. The summed E-state index contributed by atoms with van der Waals surface area (Å²) in [6.07, 6.45) is 3.14. The lowest BCUT2D eigenvalue weighted by molar-refractivity contribution is -0.115. The lowest BCUT2D eigenvalue weighted by atomic mass is 9.95. The third kappa shape index (κ3) is 5.03. The number of benzene rings is 1. The van der Waals surface area contributed by atoms with E-state index >= 15 is 0 Å². The molecule has 3 rings (SSSR count). The second-order valence-electron chi connectivity index (χ2n) is 7.23. The van der Waals surface area contributed by atoms with Gasteiger partial charge in [-0.05, 0) is 68.7 Å². The van der Waals surface area contributed by atoms with Gasteiger partial charge in [-0.3, -0.25) is 14.9 Å². The van der Waals surface area contributed by atoms with Gasteiger partial charge in [-0.2, -0.15) is 0 Å². The van der Waals surface area contributed by atoms with E-state index in [9.17, 15) is 14.4 Å². The van der Waals surface area contributed by atoms with Crippen LogP contribution in [0, 0.1) is 13.8 Å². The van der Waals surface area contributed by atoms with Crippen LogP contribution in [0.15, 0.2) is 18.2 Å². The van der Waals surface area contributed by atoms with E-state index in [1.165, 1.54) is 16.9 Å². The summed E-state index contributed by atoms with van der Waals surface area (Å²) in [6, 6.07) is 5.94. The van der Waals surface area contributed by atoms with Crippen LogP contribution in [0.1, 0.15) is 57.3 Å². The third-order valence-electron chi connectivity index (χ3n) is 5.08. The number of anilines is 1. The average molecular weight is 415 g/mol. The summed E-state index contributed by atoms with van der Waals surface area (Å²) in [5.41, 5.74) is 4.56. The Kier molecular flexibility index (Phi) is 6.69. The summed E-state index contributed by atoms with van der Waals surface area (Å²) in [4.78, 5) is 38.2. The summed E-state index contributed by atoms with van der Waals surface area (Å²) in [5, 5.41) is 5.68. The highest BCUT2D eigenvalue weighted by Crippen LogP contribution is 2.38. The van der Waals surface area contributed by atoms with Gasteiger partial charge in [0, 0.05) is 4.88 Å². The van der Waals surface area contributed by atoms with Crippen LogP contribution in [0.4, 0.5) is 9.80 Å². The van der Waals surface area contributed by atoms with Gasteiger partial charge in [0.1, 0.15) is 5.00 Å². The normalized spacial score (nSPS) is 12.8. The van der Waals surface area contributed by atoms with Crippen LogP contribution < -0.4 is 10.6 Å². The molecule has 0 unspecified atom stereocenters. The number of amides is 3. The van der Waals surface area contributed by atoms with Gasteiger partial charge >= 0.3 is 6.09 Å². The number of fused-ring (bicyclic) bond motifs is 1. The monoisotopic (exact) mass is 414 g/mol. The smallest absolute Gasteiger partial charge is 0.414 e. The number of thiophene rings is 1. The molecule has 0 fully saturated rings. The molecule has 6 nitrogen and oxygen atoms in total. The van der Waals surface area contributed by atoms with Crippen LogP contribution in [0.5, 0.6) is 0 Å². The molecule has 2 aromatic rings. The summed E-state index contributed by atoms with van der Waals surface area (Å²) >= 11 is 1.43. The number of aryl methyl sites for hydroxylation is 3. The Labute approximate surface area is 174 Å². The predicted molar refractivity (Wildman–Crippen MR) is 114 cm³/mol. The first kappa shape index (κ1) is 21.0. The van der Waals surface area contributed by atoms with E-state index in [0.29, 0.717) is 10.6 Å². The third-order valence-corrected chi connectivity index (χ3v) is 6.29. The standard InChI is InChI=1S/C22H26N2O4S/c1-4-28-22(27)24-20(26)19-16-7-5-6-8-17(16)29-21(19)23-18(25)12-15-10-9-13(2)14(3)11-15/h9-11H,4-8,12H2,1-3H3,(H,23,25)(H,24,26,27). The first-order chi connectivity index (χ1) is 13.9. The van der Waals surface area contributed by atoms with Crippen molar-refractivity contribution in [2.45, 2.75) is 52.9 Å². The van der Waals surface area contributed by atoms with Gasteiger partial charge in [-0.25, -0.2) is 4.79 Å². The van der Waals surface area contributed by atoms with Crippen LogP contribution >= 0.6 is 11.3 Å². The molecule has 0 bridgehead atoms. The van der Waals surface area contributed by atoms with E-state index in [2.05, 4.69) is 10.6 Å². The van der Waals surface area contributed by atoms with Gasteiger partial charge in [-0.1, -0.05) is 18.2 Å². The highest BCUT2D eigenvalue weighted by molar-refractivity contribution is 7.17. The molecule has 1 aromatic carbocycles. The van der Waals surface area contributed by atoms with Crippen LogP contribution in [0.3, 0.4) is 0 Å². The average Bonchev–Trinajstić information content (AvgIpc) is 3.02. The Balaban J connectivity index is 1.81. The van der Waals surface area contributed by atoms with Crippen LogP contribution in [0.25, 0.3) is 0 Å². The van der Waals surface area contributed by atoms with Crippen molar-refractivity contribution in [3.63, 3.8) is 0 Å². The van der Waals surface area contributed by atoms with Crippen molar-refractivity contribution in [2.24, 2.45) is 0 Å². The van der Waals surface area contributed by atoms with Crippen molar-refractivity contribution in [2.75, 3.05) is 11.9 Å². The molecule has 1 heterocycles. The van der Waals surface area contributed by atoms with E-state index in [0.717, 1.165) is 47.3 Å². The maximum atomic E-state index is 12.7. The van der Waals surface area contributed by atoms with Crippen LogP contribution in [-0.2, 0) is 28.8 Å². The van der Waals surface area contributed by atoms with Gasteiger partial charge < -0.3 is 10.1 Å². The Morgan fingerprint density at radius 2 is 1.86 bits per heavy atom. The van der Waals surface area contributed by atoms with E-state index in [1.807, 2.05) is 32.0 Å². The maximum absolute atomic E-state index is 12.7. The van der Waals surface area contributed by atoms with Crippen LogP contribution in [-0.4, -0.2) is 24.5 Å². The van der Waals surface area contributed by atoms with Crippen molar-refractivity contribution < 1.29 is 19.1 Å². The number of carbonyl (C=O) groups excluding carboxylic acids is 3. The van der Waals surface area contributed by atoms with Crippen molar-refractivity contribution in [1.29, 1.82) is 0 Å². The molecule has 7 heteroatoms. The number of ether oxygens (including phenoxy) is 1. The van der Waals surface area contributed by atoms with E-state index in [-0.39, 0.29) is 18.9 Å². The van der Waals surface area contributed by atoms with E-state index in [4.69, 9.17) is 4.74 Å². The fourth-order valence-electron chi connectivity index (χ4n) is 3.49. The quantitative estimate of drug-likeness (QED) is 0.763. The topological polar surface area (TPSA) is 84.5 Å². The van der Waals surface area contributed by atoms with Crippen molar-refractivity contribution in [1.82, 2.24) is 5.32 Å². The van der Waals surface area contributed by atoms with Gasteiger partial charge in [0.25, 0.3) is 5.91 Å². The zero-order chi connectivity index (χ0) is 21.0. The number of nitrogens with one attached hydrogen (secondary N) is 2. The molecule has 0 spiro atoms. The second-order valence-corrected chi connectivity index (χ2v) is 8.34. The molecular weight excluding hydrogens is 388 g/mol. The fourth-order valence-corrected chi connectivity index (χ4v) is 4.79. The fraction of sp³-hybridized carbons (Fsp3) is 0.409. The lowest BCUT2D eigenvalue weighted by Gasteiger charge is -2.13. The summed E-state index contributed by atoms with van der Waals surface area (Å²) < 4.78 is 4.82. The SMILES string of the molecule is CCOC(=O)NC(=O)c1c(NC(=O)Cc2ccc(C)c(C)c2)sc2c1CCCC2. The molecular formula is C22H26N2O4S. The number of hydrogen-bond acceptors (Lipinski definition) is 5. The van der Waals surface area contributed by atoms with Crippen molar-refractivity contribution in [3.05, 3.63) is 50.9 Å². The highest BCUT2D eigenvalue weighted by atomic mass is 32.1. The number of alkyl carbamates (subject to hydrolysis) is 1. The molecule has 2 N–H and O–H groups in total. The Morgan fingerprint density at radius 1 is 1.10 bits per heavy atom. The summed E-state index contributed by atoms with van der Waals surface area (Å²) in [7, 11) is 0. The number of rotatable bonds is 5. The van der Waals surface area contributed by atoms with Crippen molar-refractivity contribution in [3.8, 4) is 0 Å². The molecule has 0 radical (unpaired) electrons. The van der Waals surface area contributed by atoms with E-state index < -0.39 is 12.0 Å². The first-order valence-electron chi connectivity index (χ1n) is 9.87. The van der Waals surface area contributed by atoms with E-state index in [1.54, 1.807) is 6.92 Å². The minimum Gasteiger partial charge on any atom is -0.450 e. The van der Waals surface area contributed by atoms with Gasteiger partial charge in [-0.15, -0.1) is 11.3 Å². The number of hydrogen-bond donors (Lipinski definition) is 2. The molecule has 154 valence electrons. The summed E-state index contributed by atoms with van der Waals surface area (Å²) in [5.74, 6) is -0.707. The lowest BCUT2D eigenvalue weighted by Crippen LogP contribution is -2.32. The maximum Gasteiger partial charge on any atom is 0.414 e. The summed E-state index contributed by atoms with van der Waals surface area (Å²) in [6.45, 7) is 5.90. The molecule has 0 aliphatic heterocycles. The zero-order valence-electron chi connectivity index (χ0n) is 17.0. The predicted octanol–water partition coefficient (Wildman–Crippen LogP) is 4.31. The second kappa shape index (κ2) is 9.22. The largest absolute Gasteiger partial charge is 0.450 e. The van der Waals surface area contributed by atoms with Gasteiger partial charge in [0.05, 0.1) is 18.6 Å². The molecule has 0 atom stereocenters. The Morgan fingerprint density at radius 3 is 2.59 bits per heavy atom. The molecule has 0 saturated carbocycles. The highest BCUT2D eigenvalue weighted by Gasteiger charge is 2.27. The van der Waals surface area contributed by atoms with Gasteiger partial charge in [0.2, 0.25) is 5.91 Å². The van der Waals surface area contributed by atoms with Crippen molar-refractivity contribution >= 4 is 34.2 Å². The van der Waals surface area contributed by atoms with Gasteiger partial charge in [0.15, 0.2) is 0 Å². The molecule has 3 amide bonds. The molecule has 0 saturated heterocycles. The zero-order valence-corrected chi connectivity index (χ0v) is 17.8. The van der Waals surface area contributed by atoms with Crippen LogP contribution in [0.2, 0.25) is 0 Å². The Hall–Kier alpha value is -2.67. The first-order valence-corrected chi connectivity index (χ1v) is 10.7. The molecule has 1 aliphatic rings. The Bertz CT molecular complexity index is 949. The molecule has 29 heavy (non-hydrogen) atoms. The minimum atomic E-state index is -0.777. The number of imide groups is 1.